The minimum Gasteiger partial charge on any atom is -0.463 e. The first-order valence-electron chi connectivity index (χ1n) is 8.65. The molecule has 0 atom stereocenters. The van der Waals surface area contributed by atoms with Gasteiger partial charge in [-0.05, 0) is 49.1 Å². The Kier molecular flexibility index (Phi) is 5.62. The molecule has 1 heterocycles. The predicted molar refractivity (Wildman–Crippen MR) is 98.2 cm³/mol. The maximum Gasteiger partial charge on any atom is 0.333 e. The zero-order valence-corrected chi connectivity index (χ0v) is 15.4. The van der Waals surface area contributed by atoms with Gasteiger partial charge in [-0.25, -0.2) is 4.79 Å². The molecule has 1 aromatic carbocycles. The normalized spacial score (nSPS) is 19.8. The molecule has 0 amide bonds. The predicted octanol–water partition coefficient (Wildman–Crippen LogP) is 4.62. The zero-order valence-electron chi connectivity index (χ0n) is 14.6. The fourth-order valence-electron chi connectivity index (χ4n) is 3.25. The lowest BCUT2D eigenvalue weighted by atomic mass is 9.89. The molecule has 0 bridgehead atoms. The van der Waals surface area contributed by atoms with E-state index in [0.29, 0.717) is 30.4 Å². The van der Waals surface area contributed by atoms with Crippen molar-refractivity contribution >= 4 is 29.2 Å². The van der Waals surface area contributed by atoms with Crippen LogP contribution in [0.3, 0.4) is 0 Å². The summed E-state index contributed by atoms with van der Waals surface area (Å²) < 4.78 is 16.5. The van der Waals surface area contributed by atoms with Crippen molar-refractivity contribution in [3.63, 3.8) is 0 Å². The van der Waals surface area contributed by atoms with E-state index >= 15 is 0 Å². The van der Waals surface area contributed by atoms with Crippen LogP contribution < -0.4 is 0 Å². The van der Waals surface area contributed by atoms with Crippen LogP contribution in [0.25, 0.3) is 11.6 Å². The number of hydrogen-bond acceptors (Lipinski definition) is 4. The van der Waals surface area contributed by atoms with Gasteiger partial charge in [-0.15, -0.1) is 0 Å². The molecule has 0 N–H and O–H groups in total. The van der Waals surface area contributed by atoms with Gasteiger partial charge in [0.15, 0.2) is 5.79 Å². The van der Waals surface area contributed by atoms with E-state index in [1.807, 2.05) is 18.2 Å². The average Bonchev–Trinajstić information content (AvgIpc) is 3.04. The monoisotopic (exact) mass is 362 g/mol. The minimum atomic E-state index is -0.421. The van der Waals surface area contributed by atoms with Gasteiger partial charge in [0, 0.05) is 23.4 Å². The Morgan fingerprint density at radius 2 is 2.12 bits per heavy atom. The van der Waals surface area contributed by atoms with Crippen LogP contribution in [0.4, 0.5) is 0 Å². The third kappa shape index (κ3) is 4.14. The van der Waals surface area contributed by atoms with Crippen LogP contribution in [-0.2, 0) is 19.0 Å². The van der Waals surface area contributed by atoms with Gasteiger partial charge < -0.3 is 14.2 Å². The van der Waals surface area contributed by atoms with Crippen LogP contribution in [0.5, 0.6) is 0 Å². The first-order valence-corrected chi connectivity index (χ1v) is 9.03. The summed E-state index contributed by atoms with van der Waals surface area (Å²) in [6.45, 7) is 5.24. The van der Waals surface area contributed by atoms with Crippen LogP contribution in [0.15, 0.2) is 29.8 Å². The number of halogens is 1. The molecule has 5 heteroatoms. The molecule has 0 aromatic heterocycles. The molecule has 0 unspecified atom stereocenters. The van der Waals surface area contributed by atoms with E-state index in [1.54, 1.807) is 19.9 Å². The van der Waals surface area contributed by atoms with Crippen molar-refractivity contribution in [2.75, 3.05) is 19.8 Å². The molecule has 1 spiro atoms. The molecule has 4 nitrogen and oxygen atoms in total. The minimum absolute atomic E-state index is 0.306. The van der Waals surface area contributed by atoms with Crippen LogP contribution in [0.1, 0.15) is 44.2 Å². The molecule has 0 saturated carbocycles. The molecular formula is C20H23ClO4. The summed E-state index contributed by atoms with van der Waals surface area (Å²) in [6, 6.07) is 5.86. The van der Waals surface area contributed by atoms with E-state index in [2.05, 4.69) is 6.08 Å². The third-order valence-electron chi connectivity index (χ3n) is 4.57. The van der Waals surface area contributed by atoms with E-state index in [0.717, 1.165) is 30.4 Å². The molecule has 1 fully saturated rings. The molecular weight excluding hydrogens is 340 g/mol. The fourth-order valence-corrected chi connectivity index (χ4v) is 3.56. The van der Waals surface area contributed by atoms with Crippen molar-refractivity contribution in [3.8, 4) is 0 Å². The molecule has 2 aliphatic rings. The summed E-state index contributed by atoms with van der Waals surface area (Å²) >= 11 is 6.49. The van der Waals surface area contributed by atoms with E-state index in [1.165, 1.54) is 5.57 Å². The Balaban J connectivity index is 1.75. The molecule has 1 aliphatic heterocycles. The van der Waals surface area contributed by atoms with Crippen LogP contribution in [0, 0.1) is 0 Å². The zero-order chi connectivity index (χ0) is 17.9. The number of allylic oxidation sites excluding steroid dienone is 1. The second-order valence-electron chi connectivity index (χ2n) is 6.33. The van der Waals surface area contributed by atoms with Gasteiger partial charge in [0.25, 0.3) is 0 Å². The molecule has 1 saturated heterocycles. The summed E-state index contributed by atoms with van der Waals surface area (Å²) in [7, 11) is 0. The Morgan fingerprint density at radius 1 is 1.36 bits per heavy atom. The maximum absolute atomic E-state index is 11.7. The highest BCUT2D eigenvalue weighted by Crippen LogP contribution is 2.40. The van der Waals surface area contributed by atoms with Gasteiger partial charge in [0.05, 0.1) is 19.8 Å². The Labute approximate surface area is 153 Å². The summed E-state index contributed by atoms with van der Waals surface area (Å²) in [5.41, 5.74) is 3.68. The largest absolute Gasteiger partial charge is 0.463 e. The van der Waals surface area contributed by atoms with Crippen molar-refractivity contribution in [2.24, 2.45) is 0 Å². The molecule has 0 radical (unpaired) electrons. The van der Waals surface area contributed by atoms with E-state index in [4.69, 9.17) is 25.8 Å². The number of esters is 1. The first kappa shape index (κ1) is 18.2. The van der Waals surface area contributed by atoms with Crippen LogP contribution in [-0.4, -0.2) is 31.6 Å². The molecule has 1 aliphatic carbocycles. The lowest BCUT2D eigenvalue weighted by Crippen LogP contribution is -2.31. The average molecular weight is 363 g/mol. The van der Waals surface area contributed by atoms with Crippen molar-refractivity contribution in [1.82, 2.24) is 0 Å². The van der Waals surface area contributed by atoms with Crippen molar-refractivity contribution < 1.29 is 19.0 Å². The van der Waals surface area contributed by atoms with Crippen molar-refractivity contribution in [1.29, 1.82) is 0 Å². The van der Waals surface area contributed by atoms with Crippen LogP contribution in [0.2, 0.25) is 5.02 Å². The highest BCUT2D eigenvalue weighted by Gasteiger charge is 2.37. The van der Waals surface area contributed by atoms with Gasteiger partial charge in [-0.1, -0.05) is 29.8 Å². The Morgan fingerprint density at radius 3 is 2.72 bits per heavy atom. The molecule has 25 heavy (non-hydrogen) atoms. The summed E-state index contributed by atoms with van der Waals surface area (Å²) in [4.78, 5) is 11.7. The van der Waals surface area contributed by atoms with Gasteiger partial charge in [-0.3, -0.25) is 0 Å². The topological polar surface area (TPSA) is 44.8 Å². The Bertz CT molecular complexity index is 714. The summed E-state index contributed by atoms with van der Waals surface area (Å²) in [6.07, 6.45) is 6.42. The van der Waals surface area contributed by atoms with Gasteiger partial charge >= 0.3 is 5.97 Å². The lowest BCUT2D eigenvalue weighted by Gasteiger charge is -2.31. The lowest BCUT2D eigenvalue weighted by molar-refractivity contribution is -0.159. The van der Waals surface area contributed by atoms with E-state index in [9.17, 15) is 4.79 Å². The van der Waals surface area contributed by atoms with Gasteiger partial charge in [0.1, 0.15) is 0 Å². The van der Waals surface area contributed by atoms with E-state index < -0.39 is 5.79 Å². The number of carbonyl (C=O) groups excluding carboxylic acids is 1. The molecule has 3 rings (SSSR count). The van der Waals surface area contributed by atoms with Gasteiger partial charge in [-0.2, -0.15) is 0 Å². The molecule has 1 aromatic rings. The number of ether oxygens (including phenoxy) is 3. The molecule has 134 valence electrons. The SMILES string of the molecule is CCOC(=O)/C(C)=C/c1ccc(C2=CCC3(CC2)OCCO3)c(Cl)c1. The maximum atomic E-state index is 11.7. The van der Waals surface area contributed by atoms with Crippen molar-refractivity contribution in [3.05, 3.63) is 46.0 Å². The fraction of sp³-hybridized carbons (Fsp3) is 0.450. The second kappa shape index (κ2) is 7.73. The van der Waals surface area contributed by atoms with Gasteiger partial charge in [0.2, 0.25) is 0 Å². The second-order valence-corrected chi connectivity index (χ2v) is 6.74. The number of benzene rings is 1. The third-order valence-corrected chi connectivity index (χ3v) is 4.88. The van der Waals surface area contributed by atoms with E-state index in [-0.39, 0.29) is 5.97 Å². The number of carbonyl (C=O) groups is 1. The summed E-state index contributed by atoms with van der Waals surface area (Å²) in [5, 5.41) is 0.681. The summed E-state index contributed by atoms with van der Waals surface area (Å²) in [5.74, 6) is -0.727. The number of rotatable bonds is 4. The first-order chi connectivity index (χ1) is 12.0. The highest BCUT2D eigenvalue weighted by atomic mass is 35.5. The van der Waals surface area contributed by atoms with Crippen LogP contribution >= 0.6 is 11.6 Å². The Hall–Kier alpha value is -1.62. The quantitative estimate of drug-likeness (QED) is 0.579. The number of hydrogen-bond donors (Lipinski definition) is 0. The standard InChI is InChI=1S/C20H23ClO4/c1-3-23-19(22)14(2)12-15-4-5-17(18(21)13-15)16-6-8-20(9-7-16)24-10-11-25-20/h4-6,12-13H,3,7-11H2,1-2H3/b14-12+. The highest BCUT2D eigenvalue weighted by molar-refractivity contribution is 6.32. The van der Waals surface area contributed by atoms with Crippen molar-refractivity contribution in [2.45, 2.75) is 38.9 Å². The smallest absolute Gasteiger partial charge is 0.333 e.